The van der Waals surface area contributed by atoms with Crippen LogP contribution < -0.4 is 4.74 Å². The molecule has 0 radical (unpaired) electrons. The van der Waals surface area contributed by atoms with Crippen LogP contribution >= 0.6 is 11.6 Å². The van der Waals surface area contributed by atoms with E-state index in [-0.39, 0.29) is 17.4 Å². The van der Waals surface area contributed by atoms with Gasteiger partial charge in [0, 0.05) is 6.61 Å². The SMILES string of the molecule is OCCc1ccc(OC(F)F)c(Cl)c1. The highest BCUT2D eigenvalue weighted by atomic mass is 35.5. The Morgan fingerprint density at radius 1 is 1.43 bits per heavy atom. The second-order valence-electron chi connectivity index (χ2n) is 2.62. The molecule has 1 aromatic rings. The zero-order chi connectivity index (χ0) is 10.6. The van der Waals surface area contributed by atoms with Gasteiger partial charge in [-0.1, -0.05) is 17.7 Å². The van der Waals surface area contributed by atoms with Crippen LogP contribution in [0.3, 0.4) is 0 Å². The monoisotopic (exact) mass is 222 g/mol. The minimum Gasteiger partial charge on any atom is -0.433 e. The second kappa shape index (κ2) is 5.12. The lowest BCUT2D eigenvalue weighted by Gasteiger charge is -2.07. The average Bonchev–Trinajstić information content (AvgIpc) is 2.10. The molecule has 0 unspecified atom stereocenters. The molecule has 1 rings (SSSR count). The molecule has 1 aromatic carbocycles. The zero-order valence-corrected chi connectivity index (χ0v) is 7.97. The summed E-state index contributed by atoms with van der Waals surface area (Å²) in [6.45, 7) is -2.89. The van der Waals surface area contributed by atoms with Crippen molar-refractivity contribution in [2.75, 3.05) is 6.61 Å². The van der Waals surface area contributed by atoms with Gasteiger partial charge in [-0.3, -0.25) is 0 Å². The van der Waals surface area contributed by atoms with Gasteiger partial charge in [-0.15, -0.1) is 0 Å². The van der Waals surface area contributed by atoms with Gasteiger partial charge in [0.05, 0.1) is 5.02 Å². The molecule has 0 fully saturated rings. The lowest BCUT2D eigenvalue weighted by atomic mass is 10.1. The van der Waals surface area contributed by atoms with Crippen LogP contribution in [0.5, 0.6) is 5.75 Å². The van der Waals surface area contributed by atoms with E-state index in [0.29, 0.717) is 6.42 Å². The summed E-state index contributed by atoms with van der Waals surface area (Å²) < 4.78 is 27.8. The molecule has 0 aliphatic carbocycles. The summed E-state index contributed by atoms with van der Waals surface area (Å²) in [5.41, 5.74) is 0.777. The molecule has 1 N–H and O–H groups in total. The summed E-state index contributed by atoms with van der Waals surface area (Å²) in [5, 5.41) is 8.75. The smallest absolute Gasteiger partial charge is 0.387 e. The Morgan fingerprint density at radius 2 is 2.14 bits per heavy atom. The Balaban J connectivity index is 2.79. The summed E-state index contributed by atoms with van der Waals surface area (Å²) in [7, 11) is 0. The van der Waals surface area contributed by atoms with E-state index in [9.17, 15) is 8.78 Å². The minimum absolute atomic E-state index is 0.00855. The summed E-state index contributed by atoms with van der Waals surface area (Å²) in [6, 6.07) is 4.44. The molecule has 0 spiro atoms. The normalized spacial score (nSPS) is 10.6. The molecule has 0 amide bonds. The molecule has 2 nitrogen and oxygen atoms in total. The Hall–Kier alpha value is -0.870. The lowest BCUT2D eigenvalue weighted by Crippen LogP contribution is -2.02. The quantitative estimate of drug-likeness (QED) is 0.848. The highest BCUT2D eigenvalue weighted by molar-refractivity contribution is 6.32. The van der Waals surface area contributed by atoms with Crippen LogP contribution in [-0.4, -0.2) is 18.3 Å². The zero-order valence-electron chi connectivity index (χ0n) is 7.21. The predicted octanol–water partition coefficient (Wildman–Crippen LogP) is 2.48. The number of aliphatic hydroxyl groups is 1. The minimum atomic E-state index is -2.88. The number of benzene rings is 1. The molecule has 0 bridgehead atoms. The van der Waals surface area contributed by atoms with E-state index in [1.165, 1.54) is 12.1 Å². The van der Waals surface area contributed by atoms with E-state index in [1.54, 1.807) is 6.07 Å². The van der Waals surface area contributed by atoms with Crippen molar-refractivity contribution in [2.24, 2.45) is 0 Å². The third kappa shape index (κ3) is 3.12. The molecule has 0 saturated carbocycles. The van der Waals surface area contributed by atoms with Gasteiger partial charge >= 0.3 is 6.61 Å². The standard InChI is InChI=1S/C9H9ClF2O2/c10-7-5-6(3-4-13)1-2-8(7)14-9(11)12/h1-2,5,9,13H,3-4H2. The fraction of sp³-hybridized carbons (Fsp3) is 0.333. The van der Waals surface area contributed by atoms with Crippen molar-refractivity contribution in [3.63, 3.8) is 0 Å². The first-order chi connectivity index (χ1) is 6.63. The first kappa shape index (κ1) is 11.2. The van der Waals surface area contributed by atoms with Gasteiger partial charge in [0.15, 0.2) is 0 Å². The maximum atomic E-state index is 11.8. The molecule has 0 aromatic heterocycles. The topological polar surface area (TPSA) is 29.5 Å². The second-order valence-corrected chi connectivity index (χ2v) is 3.02. The van der Waals surface area contributed by atoms with Crippen molar-refractivity contribution < 1.29 is 18.6 Å². The molecule has 0 aliphatic heterocycles. The molecule has 0 aliphatic rings. The van der Waals surface area contributed by atoms with E-state index in [4.69, 9.17) is 16.7 Å². The Labute approximate surface area is 85.1 Å². The van der Waals surface area contributed by atoms with Crippen LogP contribution in [0.25, 0.3) is 0 Å². The maximum Gasteiger partial charge on any atom is 0.387 e. The van der Waals surface area contributed by atoms with Crippen molar-refractivity contribution in [3.05, 3.63) is 28.8 Å². The largest absolute Gasteiger partial charge is 0.433 e. The number of hydrogen-bond donors (Lipinski definition) is 1. The Bertz CT molecular complexity index is 305. The lowest BCUT2D eigenvalue weighted by molar-refractivity contribution is -0.0497. The van der Waals surface area contributed by atoms with Gasteiger partial charge < -0.3 is 9.84 Å². The molecule has 0 atom stereocenters. The van der Waals surface area contributed by atoms with Gasteiger partial charge in [-0.2, -0.15) is 8.78 Å². The molecule has 5 heteroatoms. The number of halogens is 3. The van der Waals surface area contributed by atoms with Crippen LogP contribution in [0.2, 0.25) is 5.02 Å². The van der Waals surface area contributed by atoms with Crippen molar-refractivity contribution in [1.29, 1.82) is 0 Å². The highest BCUT2D eigenvalue weighted by Crippen LogP contribution is 2.26. The van der Waals surface area contributed by atoms with Crippen molar-refractivity contribution in [3.8, 4) is 5.75 Å². The van der Waals surface area contributed by atoms with E-state index in [0.717, 1.165) is 5.56 Å². The van der Waals surface area contributed by atoms with Crippen LogP contribution in [0.1, 0.15) is 5.56 Å². The summed E-state index contributed by atoms with van der Waals surface area (Å²) >= 11 is 5.67. The first-order valence-electron chi connectivity index (χ1n) is 3.97. The van der Waals surface area contributed by atoms with Crippen LogP contribution in [0, 0.1) is 0 Å². The van der Waals surface area contributed by atoms with Gasteiger partial charge in [0.2, 0.25) is 0 Å². The Kier molecular flexibility index (Phi) is 4.10. The van der Waals surface area contributed by atoms with Crippen molar-refractivity contribution >= 4 is 11.6 Å². The summed E-state index contributed by atoms with van der Waals surface area (Å²) in [5.74, 6) is -0.0524. The molecule has 14 heavy (non-hydrogen) atoms. The number of hydrogen-bond acceptors (Lipinski definition) is 2. The predicted molar refractivity (Wildman–Crippen MR) is 48.9 cm³/mol. The van der Waals surface area contributed by atoms with Crippen LogP contribution in [0.15, 0.2) is 18.2 Å². The molecule has 0 heterocycles. The number of ether oxygens (including phenoxy) is 1. The van der Waals surface area contributed by atoms with E-state index in [1.807, 2.05) is 0 Å². The average molecular weight is 223 g/mol. The molecular formula is C9H9ClF2O2. The van der Waals surface area contributed by atoms with E-state index >= 15 is 0 Å². The van der Waals surface area contributed by atoms with Gasteiger partial charge in [0.25, 0.3) is 0 Å². The molecule has 0 saturated heterocycles. The number of alkyl halides is 2. The summed E-state index contributed by atoms with van der Waals surface area (Å²) in [6.07, 6.45) is 0.439. The maximum absolute atomic E-state index is 11.8. The van der Waals surface area contributed by atoms with Crippen molar-refractivity contribution in [1.82, 2.24) is 0 Å². The first-order valence-corrected chi connectivity index (χ1v) is 4.35. The molecule has 78 valence electrons. The van der Waals surface area contributed by atoms with Crippen LogP contribution in [-0.2, 0) is 6.42 Å². The fourth-order valence-electron chi connectivity index (χ4n) is 1.02. The highest BCUT2D eigenvalue weighted by Gasteiger charge is 2.08. The van der Waals surface area contributed by atoms with Crippen LogP contribution in [0.4, 0.5) is 8.78 Å². The van der Waals surface area contributed by atoms with Gasteiger partial charge in [-0.25, -0.2) is 0 Å². The third-order valence-electron chi connectivity index (χ3n) is 1.61. The summed E-state index contributed by atoms with van der Waals surface area (Å²) in [4.78, 5) is 0. The van der Waals surface area contributed by atoms with E-state index < -0.39 is 6.61 Å². The molecular weight excluding hydrogens is 214 g/mol. The van der Waals surface area contributed by atoms with Crippen molar-refractivity contribution in [2.45, 2.75) is 13.0 Å². The fourth-order valence-corrected chi connectivity index (χ4v) is 1.27. The Morgan fingerprint density at radius 3 is 2.64 bits per heavy atom. The number of rotatable bonds is 4. The number of aliphatic hydroxyl groups excluding tert-OH is 1. The van der Waals surface area contributed by atoms with E-state index in [2.05, 4.69) is 4.74 Å². The van der Waals surface area contributed by atoms with Gasteiger partial charge in [-0.05, 0) is 24.1 Å². The third-order valence-corrected chi connectivity index (χ3v) is 1.91. The van der Waals surface area contributed by atoms with Gasteiger partial charge in [0.1, 0.15) is 5.75 Å².